The summed E-state index contributed by atoms with van der Waals surface area (Å²) in [4.78, 5) is 19.7. The van der Waals surface area contributed by atoms with Crippen LogP contribution in [0.2, 0.25) is 0 Å². The summed E-state index contributed by atoms with van der Waals surface area (Å²) in [5.74, 6) is -0.536. The van der Waals surface area contributed by atoms with Crippen LogP contribution in [0.15, 0.2) is 29.9 Å². The topological polar surface area (TPSA) is 80.4 Å². The van der Waals surface area contributed by atoms with E-state index in [9.17, 15) is 4.79 Å². The quantitative estimate of drug-likeness (QED) is 0.742. The highest BCUT2D eigenvalue weighted by atomic mass is 32.1. The molecule has 0 saturated carbocycles. The summed E-state index contributed by atoms with van der Waals surface area (Å²) in [6, 6.07) is 3.61. The van der Waals surface area contributed by atoms with Crippen molar-refractivity contribution < 1.29 is 9.90 Å². The number of carboxylic acids is 1. The molecule has 6 nitrogen and oxygen atoms in total. The van der Waals surface area contributed by atoms with Crippen LogP contribution >= 0.6 is 11.3 Å². The van der Waals surface area contributed by atoms with Crippen LogP contribution in [0.3, 0.4) is 0 Å². The number of aromatic nitrogens is 4. The standard InChI is InChI=1S/C10H6N4O2S/c15-9(16)7-5-17-10-12-8(13-14(7)10)6-2-1-3-11-4-6/h1-5H,(H,15,16). The van der Waals surface area contributed by atoms with Gasteiger partial charge in [-0.05, 0) is 12.1 Å². The molecule has 0 aliphatic rings. The second kappa shape index (κ2) is 3.63. The maximum absolute atomic E-state index is 10.9. The van der Waals surface area contributed by atoms with Crippen molar-refractivity contribution >= 4 is 22.3 Å². The van der Waals surface area contributed by atoms with Crippen molar-refractivity contribution in [3.05, 3.63) is 35.6 Å². The highest BCUT2D eigenvalue weighted by molar-refractivity contribution is 7.15. The minimum atomic E-state index is -1.01. The van der Waals surface area contributed by atoms with Crippen molar-refractivity contribution in [3.63, 3.8) is 0 Å². The second-order valence-corrected chi connectivity index (χ2v) is 4.13. The average molecular weight is 246 g/mol. The first-order chi connectivity index (χ1) is 8.25. The van der Waals surface area contributed by atoms with Crippen LogP contribution in [0.1, 0.15) is 10.5 Å². The number of thiazole rings is 1. The van der Waals surface area contributed by atoms with Gasteiger partial charge < -0.3 is 5.11 Å². The fourth-order valence-electron chi connectivity index (χ4n) is 1.45. The predicted octanol–water partition coefficient (Wildman–Crippen LogP) is 1.55. The summed E-state index contributed by atoms with van der Waals surface area (Å²) < 4.78 is 1.33. The highest BCUT2D eigenvalue weighted by Crippen LogP contribution is 2.19. The molecule has 0 bridgehead atoms. The van der Waals surface area contributed by atoms with Gasteiger partial charge in [-0.2, -0.15) is 9.50 Å². The lowest BCUT2D eigenvalue weighted by molar-refractivity contribution is 0.0688. The Morgan fingerprint density at radius 3 is 3.06 bits per heavy atom. The Morgan fingerprint density at radius 1 is 1.47 bits per heavy atom. The first-order valence-corrected chi connectivity index (χ1v) is 5.61. The van der Waals surface area contributed by atoms with Gasteiger partial charge in [0, 0.05) is 23.3 Å². The van der Waals surface area contributed by atoms with Gasteiger partial charge in [0.1, 0.15) is 0 Å². The number of aromatic carboxylic acids is 1. The van der Waals surface area contributed by atoms with E-state index in [1.54, 1.807) is 18.5 Å². The van der Waals surface area contributed by atoms with E-state index in [2.05, 4.69) is 15.1 Å². The molecule has 1 N–H and O–H groups in total. The van der Waals surface area contributed by atoms with Gasteiger partial charge in [-0.25, -0.2) is 4.79 Å². The third kappa shape index (κ3) is 1.56. The molecule has 0 radical (unpaired) electrons. The number of hydrogen-bond donors (Lipinski definition) is 1. The number of carbonyl (C=O) groups is 1. The molecule has 0 amide bonds. The van der Waals surface area contributed by atoms with Crippen molar-refractivity contribution in [1.29, 1.82) is 0 Å². The Morgan fingerprint density at radius 2 is 2.35 bits per heavy atom. The lowest BCUT2D eigenvalue weighted by Gasteiger charge is -1.91. The van der Waals surface area contributed by atoms with Crippen LogP contribution in [-0.4, -0.2) is 30.7 Å². The third-order valence-corrected chi connectivity index (χ3v) is 3.04. The molecule has 0 spiro atoms. The fourth-order valence-corrected chi connectivity index (χ4v) is 2.24. The van der Waals surface area contributed by atoms with Crippen LogP contribution in [0, 0.1) is 0 Å². The van der Waals surface area contributed by atoms with Crippen molar-refractivity contribution in [3.8, 4) is 11.4 Å². The summed E-state index contributed by atoms with van der Waals surface area (Å²) >= 11 is 1.25. The van der Waals surface area contributed by atoms with Crippen molar-refractivity contribution in [2.75, 3.05) is 0 Å². The lowest BCUT2D eigenvalue weighted by atomic mass is 10.3. The summed E-state index contributed by atoms with van der Waals surface area (Å²) in [6.45, 7) is 0. The molecule has 3 aromatic rings. The molecule has 0 aromatic carbocycles. The van der Waals surface area contributed by atoms with Crippen molar-refractivity contribution in [2.24, 2.45) is 0 Å². The Balaban J connectivity index is 2.18. The minimum absolute atomic E-state index is 0.118. The minimum Gasteiger partial charge on any atom is -0.476 e. The first kappa shape index (κ1) is 9.91. The molecule has 0 saturated heterocycles. The molecular weight excluding hydrogens is 240 g/mol. The van der Waals surface area contributed by atoms with E-state index >= 15 is 0 Å². The Hall–Kier alpha value is -2.28. The largest absolute Gasteiger partial charge is 0.476 e. The number of pyridine rings is 1. The number of hydrogen-bond acceptors (Lipinski definition) is 5. The van der Waals surface area contributed by atoms with E-state index in [1.807, 2.05) is 6.07 Å². The van der Waals surface area contributed by atoms with Crippen LogP contribution in [0.5, 0.6) is 0 Å². The van der Waals surface area contributed by atoms with Gasteiger partial charge in [0.25, 0.3) is 0 Å². The Bertz CT molecular complexity index is 689. The van der Waals surface area contributed by atoms with Crippen LogP contribution in [-0.2, 0) is 0 Å². The Kier molecular flexibility index (Phi) is 2.12. The number of fused-ring (bicyclic) bond motifs is 1. The summed E-state index contributed by atoms with van der Waals surface area (Å²) in [7, 11) is 0. The van der Waals surface area contributed by atoms with Crippen molar-refractivity contribution in [2.45, 2.75) is 0 Å². The van der Waals surface area contributed by atoms with Gasteiger partial charge in [0.05, 0.1) is 0 Å². The van der Waals surface area contributed by atoms with Gasteiger partial charge >= 0.3 is 5.97 Å². The maximum atomic E-state index is 10.9. The average Bonchev–Trinajstić information content (AvgIpc) is 2.88. The summed E-state index contributed by atoms with van der Waals surface area (Å²) in [5, 5.41) is 14.6. The van der Waals surface area contributed by atoms with Gasteiger partial charge in [-0.1, -0.05) is 0 Å². The first-order valence-electron chi connectivity index (χ1n) is 4.73. The van der Waals surface area contributed by atoms with E-state index in [0.29, 0.717) is 10.8 Å². The monoisotopic (exact) mass is 246 g/mol. The lowest BCUT2D eigenvalue weighted by Crippen LogP contribution is -2.01. The highest BCUT2D eigenvalue weighted by Gasteiger charge is 2.15. The van der Waals surface area contributed by atoms with Gasteiger partial charge in [0.2, 0.25) is 4.96 Å². The molecule has 3 heterocycles. The van der Waals surface area contributed by atoms with Crippen LogP contribution in [0.4, 0.5) is 0 Å². The normalized spacial score (nSPS) is 10.8. The molecule has 0 aliphatic heterocycles. The summed E-state index contributed by atoms with van der Waals surface area (Å²) in [5.41, 5.74) is 0.882. The molecule has 0 unspecified atom stereocenters. The van der Waals surface area contributed by atoms with E-state index in [0.717, 1.165) is 5.56 Å². The van der Waals surface area contributed by atoms with E-state index in [4.69, 9.17) is 5.11 Å². The number of rotatable bonds is 2. The third-order valence-electron chi connectivity index (χ3n) is 2.22. The Labute approximate surface area is 99.2 Å². The number of carboxylic acid groups (broad SMARTS) is 1. The van der Waals surface area contributed by atoms with Crippen molar-refractivity contribution in [1.82, 2.24) is 19.6 Å². The molecule has 3 rings (SSSR count). The molecule has 0 fully saturated rings. The zero-order valence-corrected chi connectivity index (χ0v) is 9.26. The molecule has 3 aromatic heterocycles. The second-order valence-electron chi connectivity index (χ2n) is 3.30. The van der Waals surface area contributed by atoms with Crippen LogP contribution < -0.4 is 0 Å². The molecule has 7 heteroatoms. The maximum Gasteiger partial charge on any atom is 0.355 e. The smallest absolute Gasteiger partial charge is 0.355 e. The predicted molar refractivity (Wildman–Crippen MR) is 61.1 cm³/mol. The SMILES string of the molecule is O=C(O)c1csc2nc(-c3cccnc3)nn12. The van der Waals surface area contributed by atoms with Gasteiger partial charge in [0.15, 0.2) is 11.5 Å². The van der Waals surface area contributed by atoms with Crippen LogP contribution in [0.25, 0.3) is 16.3 Å². The number of nitrogens with zero attached hydrogens (tertiary/aromatic N) is 4. The van der Waals surface area contributed by atoms with E-state index in [1.165, 1.54) is 21.2 Å². The summed E-state index contributed by atoms with van der Waals surface area (Å²) in [6.07, 6.45) is 3.30. The zero-order chi connectivity index (χ0) is 11.8. The molecule has 84 valence electrons. The van der Waals surface area contributed by atoms with Gasteiger partial charge in [-0.15, -0.1) is 16.4 Å². The van der Waals surface area contributed by atoms with E-state index in [-0.39, 0.29) is 5.69 Å². The van der Waals surface area contributed by atoms with E-state index < -0.39 is 5.97 Å². The molecule has 0 aliphatic carbocycles. The zero-order valence-electron chi connectivity index (χ0n) is 8.44. The van der Waals surface area contributed by atoms with Gasteiger partial charge in [-0.3, -0.25) is 4.98 Å². The fraction of sp³-hybridized carbons (Fsp3) is 0. The molecule has 17 heavy (non-hydrogen) atoms. The molecular formula is C10H6N4O2S. The molecule has 0 atom stereocenters.